The third-order valence-electron chi connectivity index (χ3n) is 4.37. The second-order valence-electron chi connectivity index (χ2n) is 6.09. The first kappa shape index (κ1) is 17.2. The fourth-order valence-corrected chi connectivity index (χ4v) is 3.07. The first-order chi connectivity index (χ1) is 11.1. The minimum Gasteiger partial charge on any atom is -0.481 e. The van der Waals surface area contributed by atoms with Crippen LogP contribution in [0.5, 0.6) is 0 Å². The number of rotatable bonds is 7. The molecule has 5 heteroatoms. The molecule has 0 saturated carbocycles. The Labute approximate surface area is 137 Å². The van der Waals surface area contributed by atoms with Crippen LogP contribution < -0.4 is 5.32 Å². The maximum absolute atomic E-state index is 12.3. The summed E-state index contributed by atoms with van der Waals surface area (Å²) in [7, 11) is 0. The number of carboxylic acids is 1. The lowest BCUT2D eigenvalue weighted by Gasteiger charge is -2.39. The summed E-state index contributed by atoms with van der Waals surface area (Å²) in [6.45, 7) is 5.39. The zero-order chi connectivity index (χ0) is 16.7. The summed E-state index contributed by atoms with van der Waals surface area (Å²) in [5.41, 5.74) is 0.236. The van der Waals surface area contributed by atoms with Gasteiger partial charge < -0.3 is 15.3 Å². The van der Waals surface area contributed by atoms with Crippen molar-refractivity contribution < 1.29 is 14.7 Å². The second-order valence-corrected chi connectivity index (χ2v) is 6.09. The van der Waals surface area contributed by atoms with Crippen LogP contribution in [0.2, 0.25) is 0 Å². The number of hydrogen-bond donors (Lipinski definition) is 2. The van der Waals surface area contributed by atoms with Gasteiger partial charge in [0.1, 0.15) is 0 Å². The Morgan fingerprint density at radius 3 is 2.74 bits per heavy atom. The van der Waals surface area contributed by atoms with Gasteiger partial charge in [-0.05, 0) is 24.8 Å². The standard InChI is InChI=1S/C18H24N2O3/c1-2-9-18(17(22)23)10-6-11-20(14-18)16(21)13-19-12-15-7-4-3-5-8-15/h2-5,7-8,19H,1,6,9-14H2,(H,22,23)/t18-/m1/s1. The van der Waals surface area contributed by atoms with E-state index in [0.29, 0.717) is 32.4 Å². The number of nitrogens with one attached hydrogen (secondary N) is 1. The van der Waals surface area contributed by atoms with Gasteiger partial charge in [-0.1, -0.05) is 36.4 Å². The molecule has 0 aromatic heterocycles. The van der Waals surface area contributed by atoms with Gasteiger partial charge in [-0.3, -0.25) is 9.59 Å². The van der Waals surface area contributed by atoms with E-state index in [1.54, 1.807) is 11.0 Å². The smallest absolute Gasteiger partial charge is 0.311 e. The second kappa shape index (κ2) is 7.92. The Kier molecular flexibility index (Phi) is 5.93. The molecule has 23 heavy (non-hydrogen) atoms. The Morgan fingerprint density at radius 2 is 2.09 bits per heavy atom. The van der Waals surface area contributed by atoms with Crippen molar-refractivity contribution in [1.29, 1.82) is 0 Å². The van der Waals surface area contributed by atoms with Crippen molar-refractivity contribution in [2.75, 3.05) is 19.6 Å². The van der Waals surface area contributed by atoms with E-state index >= 15 is 0 Å². The Balaban J connectivity index is 1.88. The highest BCUT2D eigenvalue weighted by Gasteiger charge is 2.42. The van der Waals surface area contributed by atoms with Crippen molar-refractivity contribution in [1.82, 2.24) is 10.2 Å². The van der Waals surface area contributed by atoms with Crippen molar-refractivity contribution in [2.45, 2.75) is 25.8 Å². The summed E-state index contributed by atoms with van der Waals surface area (Å²) < 4.78 is 0. The molecule has 1 aromatic carbocycles. The molecule has 0 bridgehead atoms. The van der Waals surface area contributed by atoms with Crippen LogP contribution in [0, 0.1) is 5.41 Å². The predicted molar refractivity (Wildman–Crippen MR) is 88.8 cm³/mol. The van der Waals surface area contributed by atoms with Crippen molar-refractivity contribution in [3.8, 4) is 0 Å². The van der Waals surface area contributed by atoms with Gasteiger partial charge in [0.2, 0.25) is 5.91 Å². The molecule has 1 amide bonds. The molecule has 1 atom stereocenters. The van der Waals surface area contributed by atoms with Crippen LogP contribution in [-0.2, 0) is 16.1 Å². The molecule has 0 spiro atoms. The van der Waals surface area contributed by atoms with E-state index in [9.17, 15) is 14.7 Å². The van der Waals surface area contributed by atoms with E-state index in [2.05, 4.69) is 11.9 Å². The van der Waals surface area contributed by atoms with Crippen molar-refractivity contribution in [2.24, 2.45) is 5.41 Å². The first-order valence-electron chi connectivity index (χ1n) is 7.94. The lowest BCUT2D eigenvalue weighted by atomic mass is 9.77. The Hall–Kier alpha value is -2.14. The summed E-state index contributed by atoms with van der Waals surface area (Å²) >= 11 is 0. The van der Waals surface area contributed by atoms with Gasteiger partial charge >= 0.3 is 5.97 Å². The quantitative estimate of drug-likeness (QED) is 0.755. The predicted octanol–water partition coefficient (Wildman–Crippen LogP) is 2.05. The molecular formula is C18H24N2O3. The number of amides is 1. The number of benzene rings is 1. The molecule has 1 heterocycles. The number of carboxylic acid groups (broad SMARTS) is 1. The van der Waals surface area contributed by atoms with E-state index in [0.717, 1.165) is 5.56 Å². The molecule has 2 rings (SSSR count). The van der Waals surface area contributed by atoms with Gasteiger partial charge in [-0.25, -0.2) is 0 Å². The SMILES string of the molecule is C=CC[C@@]1(C(=O)O)CCCN(C(=O)CNCc2ccccc2)C1. The topological polar surface area (TPSA) is 69.6 Å². The van der Waals surface area contributed by atoms with E-state index in [1.807, 2.05) is 30.3 Å². The van der Waals surface area contributed by atoms with Crippen LogP contribution in [0.3, 0.4) is 0 Å². The van der Waals surface area contributed by atoms with Crippen LogP contribution in [0.1, 0.15) is 24.8 Å². The molecule has 0 aliphatic carbocycles. The number of piperidine rings is 1. The summed E-state index contributed by atoms with van der Waals surface area (Å²) in [6, 6.07) is 9.86. The molecule has 1 saturated heterocycles. The average molecular weight is 316 g/mol. The van der Waals surface area contributed by atoms with Crippen LogP contribution in [0.25, 0.3) is 0 Å². The fraction of sp³-hybridized carbons (Fsp3) is 0.444. The van der Waals surface area contributed by atoms with Crippen molar-refractivity contribution in [3.05, 3.63) is 48.6 Å². The molecule has 1 fully saturated rings. The van der Waals surface area contributed by atoms with E-state index < -0.39 is 11.4 Å². The third-order valence-corrected chi connectivity index (χ3v) is 4.37. The van der Waals surface area contributed by atoms with Gasteiger partial charge in [-0.15, -0.1) is 6.58 Å². The van der Waals surface area contributed by atoms with Crippen LogP contribution in [0.4, 0.5) is 0 Å². The Morgan fingerprint density at radius 1 is 1.35 bits per heavy atom. The van der Waals surface area contributed by atoms with E-state index in [1.165, 1.54) is 0 Å². The van der Waals surface area contributed by atoms with Gasteiger partial charge in [0.05, 0.1) is 12.0 Å². The number of likely N-dealkylation sites (tertiary alicyclic amines) is 1. The highest BCUT2D eigenvalue weighted by Crippen LogP contribution is 2.34. The molecule has 1 aliphatic heterocycles. The molecule has 1 aromatic rings. The highest BCUT2D eigenvalue weighted by molar-refractivity contribution is 5.81. The highest BCUT2D eigenvalue weighted by atomic mass is 16.4. The number of carbonyl (C=O) groups excluding carboxylic acids is 1. The van der Waals surface area contributed by atoms with Gasteiger partial charge in [-0.2, -0.15) is 0 Å². The largest absolute Gasteiger partial charge is 0.481 e. The average Bonchev–Trinajstić information content (AvgIpc) is 2.56. The molecule has 0 unspecified atom stereocenters. The number of aliphatic carboxylic acids is 1. The molecular weight excluding hydrogens is 292 g/mol. The molecule has 0 radical (unpaired) electrons. The number of hydrogen-bond acceptors (Lipinski definition) is 3. The van der Waals surface area contributed by atoms with Crippen molar-refractivity contribution >= 4 is 11.9 Å². The summed E-state index contributed by atoms with van der Waals surface area (Å²) in [4.78, 5) is 25.6. The number of carbonyl (C=O) groups is 2. The molecule has 1 aliphatic rings. The van der Waals surface area contributed by atoms with Crippen LogP contribution in [0.15, 0.2) is 43.0 Å². The van der Waals surface area contributed by atoms with E-state index in [4.69, 9.17) is 0 Å². The van der Waals surface area contributed by atoms with Gasteiger partial charge in [0, 0.05) is 19.6 Å². The minimum absolute atomic E-state index is 0.0460. The third kappa shape index (κ3) is 4.42. The Bertz CT molecular complexity index is 559. The molecule has 124 valence electrons. The maximum atomic E-state index is 12.3. The summed E-state index contributed by atoms with van der Waals surface area (Å²) in [5, 5.41) is 12.7. The summed E-state index contributed by atoms with van der Waals surface area (Å²) in [5.74, 6) is -0.887. The van der Waals surface area contributed by atoms with Crippen LogP contribution in [-0.4, -0.2) is 41.5 Å². The van der Waals surface area contributed by atoms with Crippen LogP contribution >= 0.6 is 0 Å². The zero-order valence-corrected chi connectivity index (χ0v) is 13.3. The summed E-state index contributed by atoms with van der Waals surface area (Å²) in [6.07, 6.45) is 3.33. The zero-order valence-electron chi connectivity index (χ0n) is 13.3. The lowest BCUT2D eigenvalue weighted by molar-refractivity contribution is -0.154. The van der Waals surface area contributed by atoms with Gasteiger partial charge in [0.25, 0.3) is 0 Å². The normalized spacial score (nSPS) is 21.0. The number of allylic oxidation sites excluding steroid dienone is 1. The van der Waals surface area contributed by atoms with E-state index in [-0.39, 0.29) is 19.0 Å². The monoisotopic (exact) mass is 316 g/mol. The lowest BCUT2D eigenvalue weighted by Crippen LogP contribution is -2.51. The van der Waals surface area contributed by atoms with Gasteiger partial charge in [0.15, 0.2) is 0 Å². The fourth-order valence-electron chi connectivity index (χ4n) is 3.07. The number of nitrogens with zero attached hydrogens (tertiary/aromatic N) is 1. The molecule has 2 N–H and O–H groups in total. The molecule has 5 nitrogen and oxygen atoms in total. The maximum Gasteiger partial charge on any atom is 0.311 e. The minimum atomic E-state index is -0.880. The first-order valence-corrected chi connectivity index (χ1v) is 7.94. The van der Waals surface area contributed by atoms with Crippen molar-refractivity contribution in [3.63, 3.8) is 0 Å².